The number of carbonyl (C=O) groups is 1. The van der Waals surface area contributed by atoms with E-state index >= 15 is 0 Å². The number of carbonyl (C=O) groups excluding carboxylic acids is 1. The Morgan fingerprint density at radius 1 is 1.00 bits per heavy atom. The predicted octanol–water partition coefficient (Wildman–Crippen LogP) is 2.60. The van der Waals surface area contributed by atoms with Crippen LogP contribution in [0.15, 0.2) is 46.4 Å². The fourth-order valence-electron chi connectivity index (χ4n) is 3.60. The van der Waals surface area contributed by atoms with Crippen LogP contribution in [0.5, 0.6) is 5.75 Å². The molecule has 6 rings (SSSR count). The lowest BCUT2D eigenvalue weighted by atomic mass is 10.00. The molecule has 4 aliphatic rings. The lowest BCUT2D eigenvalue weighted by molar-refractivity contribution is -0.121. The van der Waals surface area contributed by atoms with Crippen molar-refractivity contribution in [2.45, 2.75) is 37.0 Å². The van der Waals surface area contributed by atoms with Crippen LogP contribution in [-0.4, -0.2) is 27.1 Å². The second-order valence-corrected chi connectivity index (χ2v) is 8.55. The lowest BCUT2D eigenvalue weighted by Crippen LogP contribution is -2.25. The van der Waals surface area contributed by atoms with Gasteiger partial charge >= 0.3 is 0 Å². The molecule has 0 radical (unpaired) electrons. The van der Waals surface area contributed by atoms with Gasteiger partial charge in [0.25, 0.3) is 10.0 Å². The Bertz CT molecular complexity index is 1080. The Morgan fingerprint density at radius 3 is 2.46 bits per heavy atom. The molecule has 28 heavy (non-hydrogen) atoms. The fourth-order valence-corrected chi connectivity index (χ4v) is 4.80. The first kappa shape index (κ1) is 18.5. The van der Waals surface area contributed by atoms with Crippen LogP contribution >= 0.6 is 0 Å². The van der Waals surface area contributed by atoms with Crippen LogP contribution in [0.2, 0.25) is 0 Å². The minimum Gasteiger partial charge on any atom is -0.495 e. The third-order valence-electron chi connectivity index (χ3n) is 5.04. The quantitative estimate of drug-likeness (QED) is 0.811. The highest BCUT2D eigenvalue weighted by Crippen LogP contribution is 2.33. The number of nitrogens with zero attached hydrogens (tertiary/aromatic N) is 1. The minimum atomic E-state index is -3.34. The molecule has 1 amide bonds. The summed E-state index contributed by atoms with van der Waals surface area (Å²) in [5.74, 6) is 0.413. The molecule has 0 aromatic heterocycles. The molecule has 3 aliphatic heterocycles. The Labute approximate surface area is 163 Å². The van der Waals surface area contributed by atoms with Gasteiger partial charge in [0, 0.05) is 18.9 Å². The van der Waals surface area contributed by atoms with Gasteiger partial charge in [0.15, 0.2) is 0 Å². The van der Waals surface area contributed by atoms with Gasteiger partial charge < -0.3 is 4.74 Å². The number of anilines is 1. The minimum absolute atomic E-state index is 0.0184. The molecule has 0 saturated carbocycles. The number of nitrogens with one attached hydrogen (secondary N) is 2. The van der Waals surface area contributed by atoms with Crippen molar-refractivity contribution < 1.29 is 17.9 Å². The van der Waals surface area contributed by atoms with E-state index in [2.05, 4.69) is 33.4 Å². The average molecular weight is 399 g/mol. The summed E-state index contributed by atoms with van der Waals surface area (Å²) in [6, 6.07) is 11.4. The maximum Gasteiger partial charge on any atom is 0.265 e. The number of hydrogen-bond acceptors (Lipinski definition) is 5. The molecule has 2 N–H and O–H groups in total. The first-order valence-electron chi connectivity index (χ1n) is 9.15. The Kier molecular flexibility index (Phi) is 4.80. The number of ether oxygens (including phenoxy) is 1. The summed E-state index contributed by atoms with van der Waals surface area (Å²) in [7, 11) is -1.89. The van der Waals surface area contributed by atoms with Crippen molar-refractivity contribution in [3.05, 3.63) is 53.1 Å². The van der Waals surface area contributed by atoms with Crippen molar-refractivity contribution >= 4 is 27.3 Å². The smallest absolute Gasteiger partial charge is 0.265 e. The van der Waals surface area contributed by atoms with Gasteiger partial charge in [0.2, 0.25) is 5.91 Å². The molecular weight excluding hydrogens is 378 g/mol. The maximum absolute atomic E-state index is 11.3. The monoisotopic (exact) mass is 399 g/mol. The van der Waals surface area contributed by atoms with Crippen molar-refractivity contribution in [2.24, 2.45) is 5.10 Å². The van der Waals surface area contributed by atoms with E-state index in [4.69, 9.17) is 4.74 Å². The zero-order chi connectivity index (χ0) is 19.7. The van der Waals surface area contributed by atoms with Crippen LogP contribution in [0.3, 0.4) is 0 Å². The van der Waals surface area contributed by atoms with Gasteiger partial charge in [0.05, 0.1) is 18.5 Å². The van der Waals surface area contributed by atoms with Gasteiger partial charge in [-0.15, -0.1) is 0 Å². The fraction of sp³-hybridized carbons (Fsp3) is 0.300. The van der Waals surface area contributed by atoms with E-state index in [1.807, 2.05) is 0 Å². The molecule has 0 atom stereocenters. The largest absolute Gasteiger partial charge is 0.495 e. The standard InChI is InChI=1S/C13H14N2O.C7H7NO3S/c16-13-7-6-12(14-15-13)11-5-4-9-2-1-3-10(9)8-11;1-11-6-4-5-2-3-7(6)12(9,10)8-5/h4-5,8H,1-3,6-7H2,(H,15,16);2-4,8H,1H3. The molecule has 0 fully saturated rings. The molecule has 0 spiro atoms. The molecular formula is C20H21N3O4S. The number of sulfonamides is 1. The zero-order valence-corrected chi connectivity index (χ0v) is 16.3. The van der Waals surface area contributed by atoms with Gasteiger partial charge in [-0.1, -0.05) is 12.1 Å². The summed E-state index contributed by atoms with van der Waals surface area (Å²) in [4.78, 5) is 11.2. The Hall–Kier alpha value is -2.87. The highest BCUT2D eigenvalue weighted by Gasteiger charge is 2.25. The number of amides is 1. The summed E-state index contributed by atoms with van der Waals surface area (Å²) in [5.41, 5.74) is 8.20. The van der Waals surface area contributed by atoms with Gasteiger partial charge in [-0.05, 0) is 54.2 Å². The summed E-state index contributed by atoms with van der Waals surface area (Å²) in [5, 5.41) is 4.12. The average Bonchev–Trinajstić information content (AvgIpc) is 3.16. The van der Waals surface area contributed by atoms with E-state index in [9.17, 15) is 13.2 Å². The second kappa shape index (κ2) is 7.27. The summed E-state index contributed by atoms with van der Waals surface area (Å²) in [6.07, 6.45) is 4.96. The van der Waals surface area contributed by atoms with E-state index in [-0.39, 0.29) is 10.8 Å². The zero-order valence-electron chi connectivity index (χ0n) is 15.5. The first-order valence-corrected chi connectivity index (χ1v) is 10.6. The van der Waals surface area contributed by atoms with Crippen LogP contribution in [-0.2, 0) is 27.7 Å². The Morgan fingerprint density at radius 2 is 1.82 bits per heavy atom. The molecule has 146 valence electrons. The van der Waals surface area contributed by atoms with Gasteiger partial charge in [0.1, 0.15) is 10.6 Å². The molecule has 2 bridgehead atoms. The molecule has 8 heteroatoms. The van der Waals surface area contributed by atoms with E-state index in [1.54, 1.807) is 12.1 Å². The summed E-state index contributed by atoms with van der Waals surface area (Å²) in [6.45, 7) is 0. The van der Waals surface area contributed by atoms with Crippen LogP contribution in [0.25, 0.3) is 0 Å². The molecule has 0 unspecified atom stereocenters. The normalized spacial score (nSPS) is 18.2. The van der Waals surface area contributed by atoms with E-state index < -0.39 is 10.0 Å². The maximum atomic E-state index is 11.3. The van der Waals surface area contributed by atoms with Crippen molar-refractivity contribution in [2.75, 3.05) is 11.8 Å². The molecule has 3 heterocycles. The van der Waals surface area contributed by atoms with Crippen molar-refractivity contribution in [1.29, 1.82) is 0 Å². The molecule has 1 aliphatic carbocycles. The van der Waals surface area contributed by atoms with Gasteiger partial charge in [-0.25, -0.2) is 13.8 Å². The highest BCUT2D eigenvalue weighted by molar-refractivity contribution is 7.93. The van der Waals surface area contributed by atoms with Gasteiger partial charge in [-0.3, -0.25) is 9.52 Å². The van der Waals surface area contributed by atoms with E-state index in [0.29, 0.717) is 17.9 Å². The third kappa shape index (κ3) is 3.60. The molecule has 0 saturated heterocycles. The molecule has 2 aromatic rings. The van der Waals surface area contributed by atoms with Gasteiger partial charge in [-0.2, -0.15) is 5.10 Å². The third-order valence-corrected chi connectivity index (χ3v) is 6.46. The topological polar surface area (TPSA) is 96.9 Å². The van der Waals surface area contributed by atoms with Crippen LogP contribution in [0.1, 0.15) is 36.0 Å². The van der Waals surface area contributed by atoms with Crippen LogP contribution in [0.4, 0.5) is 5.69 Å². The SMILES string of the molecule is COc1cc2ccc1S(=O)(=O)N2.O=C1CCC(c2ccc3c(c2)CCC3)=NN1. The van der Waals surface area contributed by atoms with Crippen LogP contribution in [0, 0.1) is 0 Å². The number of hydrazone groups is 1. The second-order valence-electron chi connectivity index (χ2n) is 6.90. The van der Waals surface area contributed by atoms with E-state index in [1.165, 1.54) is 49.1 Å². The number of fused-ring (bicyclic) bond motifs is 4. The summed E-state index contributed by atoms with van der Waals surface area (Å²) < 4.78 is 29.8. The Balaban J connectivity index is 0.000000143. The number of rotatable bonds is 2. The number of benzene rings is 2. The first-order chi connectivity index (χ1) is 13.5. The van der Waals surface area contributed by atoms with Crippen molar-refractivity contribution in [3.8, 4) is 5.75 Å². The highest BCUT2D eigenvalue weighted by atomic mass is 32.2. The number of methoxy groups -OCH3 is 1. The predicted molar refractivity (Wildman–Crippen MR) is 106 cm³/mol. The van der Waals surface area contributed by atoms with E-state index in [0.717, 1.165) is 12.1 Å². The lowest BCUT2D eigenvalue weighted by Gasteiger charge is -2.18. The van der Waals surface area contributed by atoms with Crippen molar-refractivity contribution in [3.63, 3.8) is 0 Å². The van der Waals surface area contributed by atoms with Crippen molar-refractivity contribution in [1.82, 2.24) is 5.43 Å². The molecule has 2 aromatic carbocycles. The summed E-state index contributed by atoms with van der Waals surface area (Å²) >= 11 is 0. The number of hydrogen-bond donors (Lipinski definition) is 2. The van der Waals surface area contributed by atoms with Crippen LogP contribution < -0.4 is 14.9 Å². The number of aryl methyl sites for hydroxylation is 2. The molecule has 7 nitrogen and oxygen atoms in total.